The monoisotopic (exact) mass is 263 g/mol. The van der Waals surface area contributed by atoms with Crippen molar-refractivity contribution in [1.82, 2.24) is 0 Å². The van der Waals surface area contributed by atoms with Gasteiger partial charge in [-0.25, -0.2) is 4.39 Å². The first kappa shape index (κ1) is 13.6. The first-order valence-corrected chi connectivity index (χ1v) is 6.16. The Hall–Kier alpha value is -1.81. The van der Waals surface area contributed by atoms with Crippen molar-refractivity contribution >= 4 is 0 Å². The van der Waals surface area contributed by atoms with Crippen LogP contribution in [-0.2, 0) is 6.42 Å². The molecule has 1 unspecified atom stereocenters. The predicted molar refractivity (Wildman–Crippen MR) is 71.8 cm³/mol. The van der Waals surface area contributed by atoms with Gasteiger partial charge in [-0.2, -0.15) is 0 Å². The van der Waals surface area contributed by atoms with Gasteiger partial charge in [0.25, 0.3) is 0 Å². The lowest BCUT2D eigenvalue weighted by atomic mass is 9.99. The molecule has 0 saturated heterocycles. The first-order valence-electron chi connectivity index (χ1n) is 6.16. The van der Waals surface area contributed by atoms with Gasteiger partial charge >= 0.3 is 0 Å². The molecule has 19 heavy (non-hydrogen) atoms. The maximum Gasteiger partial charge on any atom is 0.168 e. The Morgan fingerprint density at radius 3 is 2.68 bits per heavy atom. The van der Waals surface area contributed by atoms with E-state index in [0.29, 0.717) is 12.0 Å². The molecular formula is C15H18FNO2. The van der Waals surface area contributed by atoms with E-state index < -0.39 is 0 Å². The van der Waals surface area contributed by atoms with Crippen molar-refractivity contribution in [3.63, 3.8) is 0 Å². The van der Waals surface area contributed by atoms with Crippen molar-refractivity contribution in [2.75, 3.05) is 7.11 Å². The number of rotatable bonds is 4. The van der Waals surface area contributed by atoms with E-state index in [-0.39, 0.29) is 17.6 Å². The van der Waals surface area contributed by atoms with Gasteiger partial charge in [-0.3, -0.25) is 0 Å². The lowest BCUT2D eigenvalue weighted by Crippen LogP contribution is -2.14. The third kappa shape index (κ3) is 2.79. The van der Waals surface area contributed by atoms with Gasteiger partial charge in [-0.15, -0.1) is 0 Å². The van der Waals surface area contributed by atoms with Crippen LogP contribution in [0.3, 0.4) is 0 Å². The van der Waals surface area contributed by atoms with Crippen LogP contribution in [0.15, 0.2) is 28.7 Å². The first-order chi connectivity index (χ1) is 9.02. The zero-order chi connectivity index (χ0) is 14.0. The molecule has 2 aromatic rings. The number of ether oxygens (including phenoxy) is 1. The number of nitrogens with two attached hydrogens (primary N) is 1. The van der Waals surface area contributed by atoms with Crippen LogP contribution in [0.2, 0.25) is 0 Å². The van der Waals surface area contributed by atoms with E-state index in [1.165, 1.54) is 7.11 Å². The fraction of sp³-hybridized carbons (Fsp3) is 0.333. The summed E-state index contributed by atoms with van der Waals surface area (Å²) in [5, 5.41) is 0. The average Bonchev–Trinajstić information content (AvgIpc) is 2.71. The van der Waals surface area contributed by atoms with Gasteiger partial charge in [-0.1, -0.05) is 12.1 Å². The molecule has 0 aliphatic rings. The molecule has 0 fully saturated rings. The van der Waals surface area contributed by atoms with Crippen LogP contribution in [0.25, 0.3) is 0 Å². The normalized spacial score (nSPS) is 12.5. The number of aryl methyl sites for hydroxylation is 2. The fourth-order valence-corrected chi connectivity index (χ4v) is 2.24. The second-order valence-electron chi connectivity index (χ2n) is 4.61. The van der Waals surface area contributed by atoms with Crippen molar-refractivity contribution in [2.24, 2.45) is 5.73 Å². The zero-order valence-electron chi connectivity index (χ0n) is 11.4. The molecule has 1 atom stereocenters. The third-order valence-corrected chi connectivity index (χ3v) is 3.18. The average molecular weight is 263 g/mol. The molecule has 0 aliphatic heterocycles. The van der Waals surface area contributed by atoms with Crippen LogP contribution >= 0.6 is 0 Å². The van der Waals surface area contributed by atoms with E-state index in [1.807, 2.05) is 19.9 Å². The maximum absolute atomic E-state index is 14.1. The number of hydrogen-bond donors (Lipinski definition) is 1. The van der Waals surface area contributed by atoms with Gasteiger partial charge in [0, 0.05) is 11.6 Å². The number of hydrogen-bond acceptors (Lipinski definition) is 3. The minimum Gasteiger partial charge on any atom is -0.494 e. The molecule has 0 saturated carbocycles. The molecule has 102 valence electrons. The lowest BCUT2D eigenvalue weighted by Gasteiger charge is -2.13. The second-order valence-corrected chi connectivity index (χ2v) is 4.61. The van der Waals surface area contributed by atoms with Gasteiger partial charge < -0.3 is 14.9 Å². The van der Waals surface area contributed by atoms with Crippen molar-refractivity contribution in [3.05, 3.63) is 52.7 Å². The molecule has 0 aliphatic carbocycles. The van der Waals surface area contributed by atoms with Gasteiger partial charge in [0.2, 0.25) is 0 Å². The van der Waals surface area contributed by atoms with Crippen molar-refractivity contribution in [1.29, 1.82) is 0 Å². The number of methoxy groups -OCH3 is 1. The summed E-state index contributed by atoms with van der Waals surface area (Å²) in [7, 11) is 1.45. The highest BCUT2D eigenvalue weighted by atomic mass is 19.1. The Balaban J connectivity index is 2.24. The third-order valence-electron chi connectivity index (χ3n) is 3.18. The van der Waals surface area contributed by atoms with Crippen molar-refractivity contribution < 1.29 is 13.5 Å². The molecule has 1 aromatic heterocycles. The zero-order valence-corrected chi connectivity index (χ0v) is 11.4. The largest absolute Gasteiger partial charge is 0.494 e. The quantitative estimate of drug-likeness (QED) is 0.920. The standard InChI is InChI=1S/C15H18FNO2/c1-9-7-12(10(2)19-9)13(17)8-11-5-4-6-14(18-3)15(11)16/h4-7,13H,8,17H2,1-3H3. The summed E-state index contributed by atoms with van der Waals surface area (Å²) < 4.78 is 24.5. The second kappa shape index (κ2) is 5.45. The summed E-state index contributed by atoms with van der Waals surface area (Å²) in [5.41, 5.74) is 7.60. The highest BCUT2D eigenvalue weighted by Crippen LogP contribution is 2.26. The topological polar surface area (TPSA) is 48.4 Å². The van der Waals surface area contributed by atoms with E-state index in [4.69, 9.17) is 14.9 Å². The Morgan fingerprint density at radius 1 is 1.37 bits per heavy atom. The van der Waals surface area contributed by atoms with Crippen molar-refractivity contribution in [3.8, 4) is 5.75 Å². The molecule has 0 amide bonds. The van der Waals surface area contributed by atoms with E-state index in [9.17, 15) is 4.39 Å². The molecule has 2 rings (SSSR count). The number of furan rings is 1. The number of benzene rings is 1. The van der Waals surface area contributed by atoms with Gasteiger partial charge in [0.15, 0.2) is 11.6 Å². The highest BCUT2D eigenvalue weighted by molar-refractivity contribution is 5.33. The summed E-state index contributed by atoms with van der Waals surface area (Å²) in [6.45, 7) is 3.74. The molecule has 0 spiro atoms. The maximum atomic E-state index is 14.1. The molecule has 1 heterocycles. The predicted octanol–water partition coefficient (Wildman–Crippen LogP) is 3.29. The van der Waals surface area contributed by atoms with Gasteiger partial charge in [0.1, 0.15) is 11.5 Å². The minimum atomic E-state index is -0.349. The molecule has 3 nitrogen and oxygen atoms in total. The van der Waals surface area contributed by atoms with E-state index in [0.717, 1.165) is 17.1 Å². The fourth-order valence-electron chi connectivity index (χ4n) is 2.24. The van der Waals surface area contributed by atoms with Crippen LogP contribution < -0.4 is 10.5 Å². The summed E-state index contributed by atoms with van der Waals surface area (Å²) in [6, 6.07) is 6.69. The Kier molecular flexibility index (Phi) is 3.90. The lowest BCUT2D eigenvalue weighted by molar-refractivity contribution is 0.383. The van der Waals surface area contributed by atoms with Crippen LogP contribution in [0.5, 0.6) is 5.75 Å². The summed E-state index contributed by atoms with van der Waals surface area (Å²) in [6.07, 6.45) is 0.406. The molecule has 0 bridgehead atoms. The van der Waals surface area contributed by atoms with E-state index in [1.54, 1.807) is 18.2 Å². The van der Waals surface area contributed by atoms with Crippen LogP contribution in [0.4, 0.5) is 4.39 Å². The Bertz CT molecular complexity index is 578. The molecule has 0 radical (unpaired) electrons. The smallest absolute Gasteiger partial charge is 0.168 e. The summed E-state index contributed by atoms with van der Waals surface area (Å²) in [5.74, 6) is 1.49. The minimum absolute atomic E-state index is 0.241. The Morgan fingerprint density at radius 2 is 2.11 bits per heavy atom. The van der Waals surface area contributed by atoms with Crippen LogP contribution in [0, 0.1) is 19.7 Å². The molecule has 2 N–H and O–H groups in total. The molecule has 1 aromatic carbocycles. The highest BCUT2D eigenvalue weighted by Gasteiger charge is 2.17. The van der Waals surface area contributed by atoms with Gasteiger partial charge in [-0.05, 0) is 38.0 Å². The summed E-state index contributed by atoms with van der Waals surface area (Å²) in [4.78, 5) is 0. The summed E-state index contributed by atoms with van der Waals surface area (Å²) >= 11 is 0. The molecular weight excluding hydrogens is 245 g/mol. The van der Waals surface area contributed by atoms with E-state index >= 15 is 0 Å². The molecule has 4 heteroatoms. The number of halogens is 1. The van der Waals surface area contributed by atoms with Gasteiger partial charge in [0.05, 0.1) is 7.11 Å². The SMILES string of the molecule is COc1cccc(CC(N)c2cc(C)oc2C)c1F. The van der Waals surface area contributed by atoms with E-state index in [2.05, 4.69) is 0 Å². The van der Waals surface area contributed by atoms with Crippen LogP contribution in [0.1, 0.15) is 28.7 Å². The van der Waals surface area contributed by atoms with Crippen LogP contribution in [-0.4, -0.2) is 7.11 Å². The Labute approximate surface area is 112 Å². The van der Waals surface area contributed by atoms with Crippen molar-refractivity contribution in [2.45, 2.75) is 26.3 Å².